The zero-order chi connectivity index (χ0) is 62.3. The molecule has 0 spiro atoms. The summed E-state index contributed by atoms with van der Waals surface area (Å²) in [4.78, 5) is 87.1. The molecule has 2 fully saturated rings. The van der Waals surface area contributed by atoms with Crippen molar-refractivity contribution in [2.75, 3.05) is 33.9 Å². The van der Waals surface area contributed by atoms with Crippen LogP contribution in [0.1, 0.15) is 131 Å². The van der Waals surface area contributed by atoms with Gasteiger partial charge in [-0.25, -0.2) is 9.59 Å². The Morgan fingerprint density at radius 1 is 0.628 bits per heavy atom. The molecule has 2 saturated heterocycles. The normalized spacial score (nSPS) is 16.8. The average molecular weight is 1180 g/mol. The van der Waals surface area contributed by atoms with Crippen LogP contribution in [0.5, 0.6) is 11.5 Å². The van der Waals surface area contributed by atoms with Crippen molar-refractivity contribution in [2.24, 2.45) is 22.7 Å². The third-order valence-corrected chi connectivity index (χ3v) is 14.9. The standard InChI is InChI=1S/C30H36N4O4.C25H32N4O5.C10H8O4/c1-30(2,3)16-26(28(36)33-20(17-31)15-19-9-8-14-32-27(19)35)34-29(37)38-18-25-23-12-6-4-10-21(23)22-11-5-7-13-24(22)25;1-25(2,3)13-18(23(31)28-16(14-26)11-15-7-6-10-27-22(15)30)29-24(32)21-12-17-19(33-4)8-5-9-20(17)34-21;1-13-7-3-2-4-8-6(7)5-9(14-8)10(11)12/h4-7,10-13,19-20,25-26H,8-9,14-16,18H2,1-3H3,(H,32,35)(H,33,36)(H,34,37);5,8-9,12,15-16,18H,6-7,10-11,13H2,1-4H3,(H,27,30)(H,28,31)(H,29,32);2-5H,1H3,(H,11,12)/t19-,20-,26-;15-,16-,18-;/m00./s1. The number of benzene rings is 4. The number of nitrogens with zero attached hydrogens (tertiary/aromatic N) is 2. The Balaban J connectivity index is 0.000000202. The fourth-order valence-corrected chi connectivity index (χ4v) is 10.8. The van der Waals surface area contributed by atoms with Crippen LogP contribution in [0.15, 0.2) is 106 Å². The van der Waals surface area contributed by atoms with E-state index in [0.29, 0.717) is 72.2 Å². The summed E-state index contributed by atoms with van der Waals surface area (Å²) in [5, 5.41) is 45.8. The Kier molecular flexibility index (Phi) is 21.6. The lowest BCUT2D eigenvalue weighted by Crippen LogP contribution is -2.51. The van der Waals surface area contributed by atoms with Gasteiger partial charge in [-0.3, -0.25) is 24.0 Å². The Bertz CT molecular complexity index is 3460. The van der Waals surface area contributed by atoms with E-state index in [-0.39, 0.29) is 71.4 Å². The number of nitriles is 2. The van der Waals surface area contributed by atoms with Gasteiger partial charge in [-0.1, -0.05) is 102 Å². The molecule has 7 N–H and O–H groups in total. The van der Waals surface area contributed by atoms with Crippen LogP contribution in [0.2, 0.25) is 0 Å². The van der Waals surface area contributed by atoms with Crippen molar-refractivity contribution in [2.45, 2.75) is 123 Å². The van der Waals surface area contributed by atoms with Crippen molar-refractivity contribution in [3.05, 3.63) is 120 Å². The summed E-state index contributed by atoms with van der Waals surface area (Å²) in [6.07, 6.45) is 3.53. The first-order valence-corrected chi connectivity index (χ1v) is 28.7. The molecule has 2 aliphatic heterocycles. The molecule has 1 aliphatic carbocycles. The van der Waals surface area contributed by atoms with E-state index >= 15 is 0 Å². The maximum atomic E-state index is 13.2. The third-order valence-electron chi connectivity index (χ3n) is 14.9. The van der Waals surface area contributed by atoms with Crippen LogP contribution in [0, 0.1) is 45.3 Å². The highest BCUT2D eigenvalue weighted by atomic mass is 16.5. The zero-order valence-corrected chi connectivity index (χ0v) is 49.8. The fraction of sp³-hybridized carbons (Fsp3) is 0.431. The lowest BCUT2D eigenvalue weighted by atomic mass is 9.87. The van der Waals surface area contributed by atoms with Crippen LogP contribution < -0.4 is 41.4 Å². The SMILES string of the molecule is CC(C)(C)C[C@H](NC(=O)OCC1c2ccccc2-c2ccccc21)C(=O)N[C@H](C#N)C[C@@H]1CCCNC1=O.COc1cccc2oc(C(=O)N[C@@H](CC(C)(C)C)C(=O)N[C@H](C#N)C[C@@H]3CCCNC3=O)cc12.COc1cccc2oc(C(=O)O)cc12. The molecule has 2 aromatic heterocycles. The molecule has 21 nitrogen and oxygen atoms in total. The van der Waals surface area contributed by atoms with Crippen molar-refractivity contribution in [1.29, 1.82) is 10.5 Å². The van der Waals surface area contributed by atoms with E-state index in [1.165, 1.54) is 20.3 Å². The summed E-state index contributed by atoms with van der Waals surface area (Å²) in [6.45, 7) is 13.2. The minimum absolute atomic E-state index is 0.0573. The number of fused-ring (bicyclic) bond motifs is 5. The number of carbonyl (C=O) groups is 7. The molecular formula is C65H76N8O13. The van der Waals surface area contributed by atoms with Crippen LogP contribution in [0.25, 0.3) is 33.1 Å². The first-order chi connectivity index (χ1) is 41.0. The van der Waals surface area contributed by atoms with Gasteiger partial charge in [0.1, 0.15) is 53.4 Å². The number of ether oxygens (including phenoxy) is 3. The van der Waals surface area contributed by atoms with Crippen molar-refractivity contribution in [1.82, 2.24) is 31.9 Å². The molecule has 0 unspecified atom stereocenters. The molecule has 6 aromatic rings. The van der Waals surface area contributed by atoms with E-state index in [9.17, 15) is 44.1 Å². The highest BCUT2D eigenvalue weighted by Crippen LogP contribution is 2.44. The molecule has 3 aliphatic rings. The maximum absolute atomic E-state index is 13.2. The number of aromatic carboxylic acids is 1. The maximum Gasteiger partial charge on any atom is 0.407 e. The predicted molar refractivity (Wildman–Crippen MR) is 320 cm³/mol. The first-order valence-electron chi connectivity index (χ1n) is 28.7. The Morgan fingerprint density at radius 3 is 1.50 bits per heavy atom. The van der Waals surface area contributed by atoms with Crippen molar-refractivity contribution in [3.63, 3.8) is 0 Å². The minimum atomic E-state index is -1.08. The molecule has 9 rings (SSSR count). The van der Waals surface area contributed by atoms with Crippen LogP contribution in [0.3, 0.4) is 0 Å². The Labute approximate surface area is 499 Å². The monoisotopic (exact) mass is 1180 g/mol. The van der Waals surface area contributed by atoms with Gasteiger partial charge < -0.3 is 60.1 Å². The van der Waals surface area contributed by atoms with Gasteiger partial charge in [0.25, 0.3) is 5.91 Å². The first kappa shape index (κ1) is 64.2. The van der Waals surface area contributed by atoms with Crippen LogP contribution in [-0.4, -0.2) is 105 Å². The second-order valence-corrected chi connectivity index (χ2v) is 24.0. The second kappa shape index (κ2) is 28.9. The van der Waals surface area contributed by atoms with Crippen LogP contribution >= 0.6 is 0 Å². The molecular weight excluding hydrogens is 1100 g/mol. The number of rotatable bonds is 18. The zero-order valence-electron chi connectivity index (χ0n) is 49.8. The van der Waals surface area contributed by atoms with Gasteiger partial charge in [0.2, 0.25) is 29.4 Å². The molecule has 0 saturated carbocycles. The van der Waals surface area contributed by atoms with Crippen LogP contribution in [0.4, 0.5) is 4.79 Å². The molecule has 86 heavy (non-hydrogen) atoms. The number of carboxylic acids is 1. The van der Waals surface area contributed by atoms with Gasteiger partial charge in [-0.05, 0) is 109 Å². The summed E-state index contributed by atoms with van der Waals surface area (Å²) >= 11 is 0. The van der Waals surface area contributed by atoms with E-state index in [1.54, 1.807) is 42.5 Å². The molecule has 454 valence electrons. The van der Waals surface area contributed by atoms with E-state index in [4.69, 9.17) is 28.2 Å². The van der Waals surface area contributed by atoms with Gasteiger partial charge in [-0.15, -0.1) is 0 Å². The van der Waals surface area contributed by atoms with E-state index < -0.39 is 54.0 Å². The number of amides is 6. The van der Waals surface area contributed by atoms with Gasteiger partial charge in [0.15, 0.2) is 5.76 Å². The van der Waals surface area contributed by atoms with Gasteiger partial charge in [-0.2, -0.15) is 10.5 Å². The lowest BCUT2D eigenvalue weighted by Gasteiger charge is -2.28. The van der Waals surface area contributed by atoms with E-state index in [0.717, 1.165) is 35.1 Å². The Morgan fingerprint density at radius 2 is 1.07 bits per heavy atom. The second-order valence-electron chi connectivity index (χ2n) is 24.0. The molecule has 0 radical (unpaired) electrons. The van der Waals surface area contributed by atoms with Crippen molar-refractivity contribution < 1.29 is 61.7 Å². The largest absolute Gasteiger partial charge is 0.496 e. The topological polar surface area (TPSA) is 313 Å². The summed E-state index contributed by atoms with van der Waals surface area (Å²) in [7, 11) is 3.07. The number of hydrogen-bond acceptors (Lipinski definition) is 14. The van der Waals surface area contributed by atoms with E-state index in [2.05, 4.69) is 56.2 Å². The number of nitrogens with one attached hydrogen (secondary N) is 6. The van der Waals surface area contributed by atoms with Crippen molar-refractivity contribution in [3.8, 4) is 34.8 Å². The fourth-order valence-electron chi connectivity index (χ4n) is 10.8. The third kappa shape index (κ3) is 17.1. The quantitative estimate of drug-likeness (QED) is 0.0422. The highest BCUT2D eigenvalue weighted by molar-refractivity contribution is 6.00. The molecule has 6 atom stereocenters. The van der Waals surface area contributed by atoms with Gasteiger partial charge in [0, 0.05) is 43.0 Å². The average Bonchev–Trinajstić information content (AvgIpc) is 1.94. The number of furan rings is 2. The summed E-state index contributed by atoms with van der Waals surface area (Å²) in [6, 6.07) is 30.4. The smallest absolute Gasteiger partial charge is 0.407 e. The highest BCUT2D eigenvalue weighted by Gasteiger charge is 2.35. The van der Waals surface area contributed by atoms with Crippen LogP contribution in [-0.2, 0) is 23.9 Å². The minimum Gasteiger partial charge on any atom is -0.496 e. The summed E-state index contributed by atoms with van der Waals surface area (Å²) in [5.41, 5.74) is 4.94. The van der Waals surface area contributed by atoms with Crippen molar-refractivity contribution >= 4 is 63.5 Å². The number of carboxylic acid groups (broad SMARTS) is 1. The number of piperidine rings is 2. The van der Waals surface area contributed by atoms with E-state index in [1.807, 2.05) is 77.9 Å². The predicted octanol–water partition coefficient (Wildman–Crippen LogP) is 9.29. The molecule has 0 bridgehead atoms. The molecule has 4 heterocycles. The number of hydrogen-bond donors (Lipinski definition) is 7. The number of alkyl carbamates (subject to hydrolysis) is 1. The molecule has 4 aromatic carbocycles. The number of carbonyl (C=O) groups excluding carboxylic acids is 6. The molecule has 6 amide bonds. The Hall–Kier alpha value is -9.37. The summed E-state index contributed by atoms with van der Waals surface area (Å²) < 4.78 is 26.8. The van der Waals surface area contributed by atoms with Gasteiger partial charge >= 0.3 is 12.1 Å². The lowest BCUT2D eigenvalue weighted by molar-refractivity contribution is -0.128. The number of methoxy groups -OCH3 is 2. The summed E-state index contributed by atoms with van der Waals surface area (Å²) in [5.74, 6) is -2.30. The molecule has 21 heteroatoms. The van der Waals surface area contributed by atoms with Gasteiger partial charge in [0.05, 0.1) is 37.1 Å².